The molecule has 3 rings (SSSR count). The largest absolute Gasteiger partial charge is 0.366 e. The van der Waals surface area contributed by atoms with Gasteiger partial charge in [-0.3, -0.25) is 9.67 Å². The van der Waals surface area contributed by atoms with Gasteiger partial charge in [0.15, 0.2) is 5.82 Å². The van der Waals surface area contributed by atoms with Crippen LogP contribution in [-0.2, 0) is 26.4 Å². The lowest BCUT2D eigenvalue weighted by molar-refractivity contribution is 0.746. The Hall–Kier alpha value is -2.76. The average Bonchev–Trinajstić information content (AvgIpc) is 3.00. The van der Waals surface area contributed by atoms with Gasteiger partial charge in [-0.15, -0.1) is 0 Å². The van der Waals surface area contributed by atoms with Gasteiger partial charge in [0.2, 0.25) is 0 Å². The minimum absolute atomic E-state index is 0.701. The van der Waals surface area contributed by atoms with Gasteiger partial charge in [0.25, 0.3) is 0 Å². The summed E-state index contributed by atoms with van der Waals surface area (Å²) in [5.74, 6) is 1.56. The van der Waals surface area contributed by atoms with E-state index in [1.165, 1.54) is 5.56 Å². The maximum Gasteiger partial charge on any atom is 0.161 e. The summed E-state index contributed by atoms with van der Waals surface area (Å²) in [5.41, 5.74) is 4.30. The predicted octanol–water partition coefficient (Wildman–Crippen LogP) is 3.01. The minimum Gasteiger partial charge on any atom is -0.366 e. The predicted molar refractivity (Wildman–Crippen MR) is 94.6 cm³/mol. The Morgan fingerprint density at radius 2 is 1.88 bits per heavy atom. The molecule has 3 heterocycles. The number of nitrogens with zero attached hydrogens (tertiary/aromatic N) is 5. The fraction of sp³-hybridized carbons (Fsp3) is 0.333. The Morgan fingerprint density at radius 3 is 2.58 bits per heavy atom. The molecule has 0 bridgehead atoms. The normalized spacial score (nSPS) is 10.8. The molecule has 6 heteroatoms. The second-order valence-corrected chi connectivity index (χ2v) is 5.64. The van der Waals surface area contributed by atoms with Crippen molar-refractivity contribution in [3.8, 4) is 11.4 Å². The van der Waals surface area contributed by atoms with E-state index in [-0.39, 0.29) is 0 Å². The fourth-order valence-corrected chi connectivity index (χ4v) is 2.61. The molecule has 0 fully saturated rings. The summed E-state index contributed by atoms with van der Waals surface area (Å²) in [6.07, 6.45) is 7.35. The molecule has 0 aromatic carbocycles. The lowest BCUT2D eigenvalue weighted by Gasteiger charge is -2.09. The smallest absolute Gasteiger partial charge is 0.161 e. The first kappa shape index (κ1) is 16.1. The van der Waals surface area contributed by atoms with Crippen LogP contribution in [0.25, 0.3) is 11.4 Å². The molecule has 0 atom stereocenters. The molecule has 0 aliphatic rings. The number of pyridine rings is 1. The first-order chi connectivity index (χ1) is 11.7. The summed E-state index contributed by atoms with van der Waals surface area (Å²) in [4.78, 5) is 13.3. The number of anilines is 1. The van der Waals surface area contributed by atoms with Crippen LogP contribution in [-0.4, -0.2) is 24.7 Å². The second-order valence-electron chi connectivity index (χ2n) is 5.64. The number of aryl methyl sites for hydroxylation is 3. The summed E-state index contributed by atoms with van der Waals surface area (Å²) in [6.45, 7) is 4.92. The highest BCUT2D eigenvalue weighted by Gasteiger charge is 2.09. The Bertz CT molecular complexity index is 810. The number of rotatable bonds is 6. The maximum atomic E-state index is 4.65. The average molecular weight is 322 g/mol. The third kappa shape index (κ3) is 3.59. The molecule has 0 amide bonds. The Morgan fingerprint density at radius 1 is 1.08 bits per heavy atom. The number of aromatic nitrogens is 5. The molecule has 124 valence electrons. The second kappa shape index (κ2) is 7.21. The van der Waals surface area contributed by atoms with E-state index in [0.717, 1.165) is 41.4 Å². The number of nitrogens with one attached hydrogen (secondary N) is 1. The minimum atomic E-state index is 0.701. The molecular weight excluding hydrogens is 300 g/mol. The monoisotopic (exact) mass is 322 g/mol. The standard InChI is InChI=1S/C18H22N6/c1-4-15-10-17(20-11-14-12-24(3)23-16(14)5-2)22-18(21-15)13-6-8-19-9-7-13/h6-10,12H,4-5,11H2,1-3H3,(H,20,21,22). The summed E-state index contributed by atoms with van der Waals surface area (Å²) < 4.78 is 1.86. The SMILES string of the molecule is CCc1cc(NCc2cn(C)nc2CC)nc(-c2ccncc2)n1. The molecule has 0 unspecified atom stereocenters. The third-order valence-corrected chi connectivity index (χ3v) is 3.87. The van der Waals surface area contributed by atoms with Crippen LogP contribution in [0.2, 0.25) is 0 Å². The van der Waals surface area contributed by atoms with Gasteiger partial charge in [0.05, 0.1) is 5.69 Å². The van der Waals surface area contributed by atoms with E-state index in [2.05, 4.69) is 45.4 Å². The van der Waals surface area contributed by atoms with E-state index in [1.807, 2.05) is 29.9 Å². The van der Waals surface area contributed by atoms with Gasteiger partial charge in [0, 0.05) is 55.1 Å². The maximum absolute atomic E-state index is 4.65. The van der Waals surface area contributed by atoms with E-state index in [1.54, 1.807) is 12.4 Å². The third-order valence-electron chi connectivity index (χ3n) is 3.87. The van der Waals surface area contributed by atoms with Crippen molar-refractivity contribution in [2.24, 2.45) is 7.05 Å². The van der Waals surface area contributed by atoms with E-state index in [0.29, 0.717) is 6.54 Å². The van der Waals surface area contributed by atoms with Crippen LogP contribution in [0.5, 0.6) is 0 Å². The van der Waals surface area contributed by atoms with E-state index in [9.17, 15) is 0 Å². The summed E-state index contributed by atoms with van der Waals surface area (Å²) in [6, 6.07) is 5.86. The van der Waals surface area contributed by atoms with Gasteiger partial charge < -0.3 is 5.32 Å². The highest BCUT2D eigenvalue weighted by Crippen LogP contribution is 2.18. The molecular formula is C18H22N6. The van der Waals surface area contributed by atoms with Crippen molar-refractivity contribution < 1.29 is 0 Å². The highest BCUT2D eigenvalue weighted by molar-refractivity contribution is 5.56. The van der Waals surface area contributed by atoms with E-state index >= 15 is 0 Å². The first-order valence-corrected chi connectivity index (χ1v) is 8.23. The summed E-state index contributed by atoms with van der Waals surface area (Å²) >= 11 is 0. The Balaban J connectivity index is 1.85. The Labute approximate surface area is 142 Å². The van der Waals surface area contributed by atoms with Crippen LogP contribution in [0.3, 0.4) is 0 Å². The first-order valence-electron chi connectivity index (χ1n) is 8.23. The van der Waals surface area contributed by atoms with Crippen molar-refractivity contribution >= 4 is 5.82 Å². The van der Waals surface area contributed by atoms with Crippen molar-refractivity contribution in [1.82, 2.24) is 24.7 Å². The molecule has 0 saturated carbocycles. The summed E-state index contributed by atoms with van der Waals surface area (Å²) in [7, 11) is 1.95. The molecule has 0 radical (unpaired) electrons. The summed E-state index contributed by atoms with van der Waals surface area (Å²) in [5, 5.41) is 7.89. The van der Waals surface area contributed by atoms with Crippen LogP contribution < -0.4 is 5.32 Å². The zero-order valence-corrected chi connectivity index (χ0v) is 14.3. The van der Waals surface area contributed by atoms with Crippen LogP contribution in [0.15, 0.2) is 36.8 Å². The molecule has 24 heavy (non-hydrogen) atoms. The van der Waals surface area contributed by atoms with Crippen molar-refractivity contribution in [2.75, 3.05) is 5.32 Å². The lowest BCUT2D eigenvalue weighted by Crippen LogP contribution is -2.05. The molecule has 0 saturated heterocycles. The molecule has 3 aromatic heterocycles. The lowest BCUT2D eigenvalue weighted by atomic mass is 10.2. The van der Waals surface area contributed by atoms with Gasteiger partial charge in [-0.05, 0) is 25.0 Å². The molecule has 3 aromatic rings. The quantitative estimate of drug-likeness (QED) is 0.755. The number of hydrogen-bond donors (Lipinski definition) is 1. The van der Waals surface area contributed by atoms with Gasteiger partial charge in [-0.2, -0.15) is 5.10 Å². The number of hydrogen-bond acceptors (Lipinski definition) is 5. The van der Waals surface area contributed by atoms with Gasteiger partial charge in [-0.1, -0.05) is 13.8 Å². The fourth-order valence-electron chi connectivity index (χ4n) is 2.61. The topological polar surface area (TPSA) is 68.5 Å². The van der Waals surface area contributed by atoms with E-state index in [4.69, 9.17) is 0 Å². The van der Waals surface area contributed by atoms with E-state index < -0.39 is 0 Å². The zero-order valence-electron chi connectivity index (χ0n) is 14.3. The highest BCUT2D eigenvalue weighted by atomic mass is 15.3. The molecule has 0 aliphatic heterocycles. The van der Waals surface area contributed by atoms with Gasteiger partial charge in [0.1, 0.15) is 5.82 Å². The van der Waals surface area contributed by atoms with Crippen LogP contribution >= 0.6 is 0 Å². The Kier molecular flexibility index (Phi) is 4.84. The van der Waals surface area contributed by atoms with Crippen molar-refractivity contribution in [2.45, 2.75) is 33.2 Å². The van der Waals surface area contributed by atoms with Crippen LogP contribution in [0.1, 0.15) is 30.8 Å². The van der Waals surface area contributed by atoms with Crippen molar-refractivity contribution in [1.29, 1.82) is 0 Å². The van der Waals surface area contributed by atoms with Gasteiger partial charge >= 0.3 is 0 Å². The zero-order chi connectivity index (χ0) is 16.9. The van der Waals surface area contributed by atoms with Gasteiger partial charge in [-0.25, -0.2) is 9.97 Å². The molecule has 6 nitrogen and oxygen atoms in total. The van der Waals surface area contributed by atoms with Crippen molar-refractivity contribution in [3.63, 3.8) is 0 Å². The molecule has 0 spiro atoms. The van der Waals surface area contributed by atoms with Crippen LogP contribution in [0, 0.1) is 0 Å². The van der Waals surface area contributed by atoms with Crippen molar-refractivity contribution in [3.05, 3.63) is 53.7 Å². The molecule has 1 N–H and O–H groups in total. The van der Waals surface area contributed by atoms with Crippen LogP contribution in [0.4, 0.5) is 5.82 Å². The molecule has 0 aliphatic carbocycles.